The SMILES string of the molecule is O=C(O)C1CCC1C(=O)OC(C(=O)O)C1CCCC1. The Kier molecular flexibility index (Phi) is 4.07. The van der Waals surface area contributed by atoms with E-state index in [1.807, 2.05) is 0 Å². The lowest BCUT2D eigenvalue weighted by Gasteiger charge is -2.32. The summed E-state index contributed by atoms with van der Waals surface area (Å²) in [5.41, 5.74) is 0. The van der Waals surface area contributed by atoms with Crippen molar-refractivity contribution in [3.8, 4) is 0 Å². The number of esters is 1. The minimum atomic E-state index is -1.13. The monoisotopic (exact) mass is 270 g/mol. The third kappa shape index (κ3) is 2.88. The van der Waals surface area contributed by atoms with E-state index in [2.05, 4.69) is 0 Å². The van der Waals surface area contributed by atoms with E-state index in [1.165, 1.54) is 0 Å². The van der Waals surface area contributed by atoms with Crippen molar-refractivity contribution in [2.24, 2.45) is 17.8 Å². The van der Waals surface area contributed by atoms with Gasteiger partial charge in [0.15, 0.2) is 0 Å². The summed E-state index contributed by atoms with van der Waals surface area (Å²) in [6.07, 6.45) is 3.20. The van der Waals surface area contributed by atoms with Crippen molar-refractivity contribution in [2.75, 3.05) is 0 Å². The van der Waals surface area contributed by atoms with Crippen LogP contribution in [0.1, 0.15) is 38.5 Å². The molecule has 0 aromatic carbocycles. The second-order valence-corrected chi connectivity index (χ2v) is 5.37. The predicted molar refractivity (Wildman–Crippen MR) is 63.3 cm³/mol. The van der Waals surface area contributed by atoms with Gasteiger partial charge >= 0.3 is 17.9 Å². The molecule has 2 saturated carbocycles. The first-order valence-corrected chi connectivity index (χ1v) is 6.67. The van der Waals surface area contributed by atoms with Gasteiger partial charge in [-0.2, -0.15) is 0 Å². The number of rotatable bonds is 5. The molecule has 2 aliphatic carbocycles. The molecule has 0 spiro atoms. The van der Waals surface area contributed by atoms with Crippen LogP contribution in [0, 0.1) is 17.8 Å². The molecule has 106 valence electrons. The van der Waals surface area contributed by atoms with Crippen LogP contribution in [0.4, 0.5) is 0 Å². The van der Waals surface area contributed by atoms with Crippen LogP contribution in [0.15, 0.2) is 0 Å². The summed E-state index contributed by atoms with van der Waals surface area (Å²) < 4.78 is 5.08. The Balaban J connectivity index is 1.95. The van der Waals surface area contributed by atoms with E-state index in [0.29, 0.717) is 12.8 Å². The summed E-state index contributed by atoms with van der Waals surface area (Å²) in [6, 6.07) is 0. The van der Waals surface area contributed by atoms with Gasteiger partial charge in [-0.15, -0.1) is 0 Å². The number of hydrogen-bond donors (Lipinski definition) is 2. The molecule has 0 saturated heterocycles. The molecule has 0 aromatic rings. The minimum Gasteiger partial charge on any atom is -0.481 e. The number of hydrogen-bond acceptors (Lipinski definition) is 4. The van der Waals surface area contributed by atoms with Crippen molar-refractivity contribution in [1.82, 2.24) is 0 Å². The zero-order chi connectivity index (χ0) is 14.0. The summed E-state index contributed by atoms with van der Waals surface area (Å²) in [5, 5.41) is 18.0. The Labute approximate surface area is 110 Å². The van der Waals surface area contributed by atoms with E-state index >= 15 is 0 Å². The van der Waals surface area contributed by atoms with Crippen LogP contribution in [0.25, 0.3) is 0 Å². The highest BCUT2D eigenvalue weighted by molar-refractivity contribution is 5.85. The van der Waals surface area contributed by atoms with Crippen molar-refractivity contribution in [3.05, 3.63) is 0 Å². The number of carbonyl (C=O) groups excluding carboxylic acids is 1. The number of carboxylic acid groups (broad SMARTS) is 2. The van der Waals surface area contributed by atoms with Crippen molar-refractivity contribution in [3.63, 3.8) is 0 Å². The van der Waals surface area contributed by atoms with Gasteiger partial charge in [0.25, 0.3) is 0 Å². The second-order valence-electron chi connectivity index (χ2n) is 5.37. The minimum absolute atomic E-state index is 0.134. The van der Waals surface area contributed by atoms with Gasteiger partial charge in [-0.3, -0.25) is 9.59 Å². The fourth-order valence-electron chi connectivity index (χ4n) is 2.90. The van der Waals surface area contributed by atoms with Crippen LogP contribution in [0.2, 0.25) is 0 Å². The molecule has 2 rings (SSSR count). The van der Waals surface area contributed by atoms with Crippen LogP contribution in [0.5, 0.6) is 0 Å². The number of aliphatic carboxylic acids is 2. The summed E-state index contributed by atoms with van der Waals surface area (Å²) in [7, 11) is 0. The topological polar surface area (TPSA) is 101 Å². The molecule has 3 unspecified atom stereocenters. The molecule has 0 amide bonds. The van der Waals surface area contributed by atoms with Crippen molar-refractivity contribution >= 4 is 17.9 Å². The average molecular weight is 270 g/mol. The maximum atomic E-state index is 11.9. The highest BCUT2D eigenvalue weighted by Crippen LogP contribution is 2.37. The van der Waals surface area contributed by atoms with Crippen LogP contribution in [-0.2, 0) is 19.1 Å². The van der Waals surface area contributed by atoms with Crippen LogP contribution < -0.4 is 0 Å². The molecule has 6 nitrogen and oxygen atoms in total. The molecule has 2 fully saturated rings. The summed E-state index contributed by atoms with van der Waals surface area (Å²) >= 11 is 0. The molecule has 0 aromatic heterocycles. The van der Waals surface area contributed by atoms with E-state index in [9.17, 15) is 14.4 Å². The lowest BCUT2D eigenvalue weighted by molar-refractivity contribution is -0.177. The highest BCUT2D eigenvalue weighted by Gasteiger charge is 2.44. The molecule has 2 aliphatic rings. The molecule has 19 heavy (non-hydrogen) atoms. The van der Waals surface area contributed by atoms with Crippen molar-refractivity contribution < 1.29 is 29.3 Å². The van der Waals surface area contributed by atoms with Gasteiger partial charge in [0, 0.05) is 5.92 Å². The second kappa shape index (κ2) is 5.59. The van der Waals surface area contributed by atoms with Crippen molar-refractivity contribution in [1.29, 1.82) is 0 Å². The lowest BCUT2D eigenvalue weighted by Crippen LogP contribution is -2.43. The molecule has 2 N–H and O–H groups in total. The Hall–Kier alpha value is -1.59. The Bertz CT molecular complexity index is 385. The van der Waals surface area contributed by atoms with E-state index in [-0.39, 0.29) is 5.92 Å². The van der Waals surface area contributed by atoms with Gasteiger partial charge in [-0.1, -0.05) is 12.8 Å². The molecule has 0 radical (unpaired) electrons. The molecular formula is C13H18O6. The van der Waals surface area contributed by atoms with E-state index < -0.39 is 35.8 Å². The van der Waals surface area contributed by atoms with Crippen LogP contribution >= 0.6 is 0 Å². The van der Waals surface area contributed by atoms with Crippen molar-refractivity contribution in [2.45, 2.75) is 44.6 Å². The van der Waals surface area contributed by atoms with Gasteiger partial charge in [0.2, 0.25) is 6.10 Å². The number of carboxylic acids is 2. The molecule has 0 heterocycles. The Morgan fingerprint density at radius 2 is 1.53 bits per heavy atom. The van der Waals surface area contributed by atoms with Gasteiger partial charge in [-0.05, 0) is 25.7 Å². The predicted octanol–water partition coefficient (Wildman–Crippen LogP) is 1.28. The fraction of sp³-hybridized carbons (Fsp3) is 0.769. The first-order valence-electron chi connectivity index (χ1n) is 6.67. The van der Waals surface area contributed by atoms with Crippen LogP contribution in [-0.4, -0.2) is 34.2 Å². The maximum Gasteiger partial charge on any atom is 0.345 e. The van der Waals surface area contributed by atoms with Gasteiger partial charge < -0.3 is 14.9 Å². The third-order valence-corrected chi connectivity index (χ3v) is 4.21. The van der Waals surface area contributed by atoms with E-state index in [4.69, 9.17) is 14.9 Å². The van der Waals surface area contributed by atoms with Crippen LogP contribution in [0.3, 0.4) is 0 Å². The zero-order valence-corrected chi connectivity index (χ0v) is 10.6. The largest absolute Gasteiger partial charge is 0.481 e. The van der Waals surface area contributed by atoms with E-state index in [0.717, 1.165) is 25.7 Å². The summed E-state index contributed by atoms with van der Waals surface area (Å²) in [4.78, 5) is 33.9. The Morgan fingerprint density at radius 3 is 1.95 bits per heavy atom. The first kappa shape index (κ1) is 13.8. The zero-order valence-electron chi connectivity index (χ0n) is 10.6. The number of carbonyl (C=O) groups is 3. The molecular weight excluding hydrogens is 252 g/mol. The molecule has 0 aliphatic heterocycles. The quantitative estimate of drug-likeness (QED) is 0.730. The molecule has 6 heteroatoms. The summed E-state index contributed by atoms with van der Waals surface area (Å²) in [6.45, 7) is 0. The normalized spacial score (nSPS) is 28.4. The van der Waals surface area contributed by atoms with Gasteiger partial charge in [0.1, 0.15) is 0 Å². The smallest absolute Gasteiger partial charge is 0.345 e. The fourth-order valence-corrected chi connectivity index (χ4v) is 2.90. The average Bonchev–Trinajstić information content (AvgIpc) is 2.75. The number of ether oxygens (including phenoxy) is 1. The Morgan fingerprint density at radius 1 is 0.947 bits per heavy atom. The van der Waals surface area contributed by atoms with Gasteiger partial charge in [0.05, 0.1) is 11.8 Å². The molecule has 0 bridgehead atoms. The highest BCUT2D eigenvalue weighted by atomic mass is 16.6. The van der Waals surface area contributed by atoms with Gasteiger partial charge in [-0.25, -0.2) is 4.79 Å². The summed E-state index contributed by atoms with van der Waals surface area (Å²) in [5.74, 6) is -4.35. The maximum absolute atomic E-state index is 11.9. The molecule has 3 atom stereocenters. The lowest BCUT2D eigenvalue weighted by atomic mass is 9.73. The third-order valence-electron chi connectivity index (χ3n) is 4.21. The standard InChI is InChI=1S/C13H18O6/c14-11(15)8-5-6-9(8)13(18)19-10(12(16)17)7-3-1-2-4-7/h7-10H,1-6H2,(H,14,15)(H,16,17). The van der Waals surface area contributed by atoms with E-state index in [1.54, 1.807) is 0 Å². The first-order chi connectivity index (χ1) is 9.00.